The van der Waals surface area contributed by atoms with Crippen LogP contribution in [0, 0.1) is 0 Å². The number of hydrogen-bond acceptors (Lipinski definition) is 4. The fourth-order valence-electron chi connectivity index (χ4n) is 1.16. The monoisotopic (exact) mass is 247 g/mol. The number of halogens is 1. The highest BCUT2D eigenvalue weighted by molar-refractivity contribution is 7.85. The fourth-order valence-corrected chi connectivity index (χ4v) is 1.84. The number of fused-ring (bicyclic) bond motifs is 1. The zero-order valence-electron chi connectivity index (χ0n) is 7.29. The zero-order chi connectivity index (χ0) is 11.1. The first-order valence-electron chi connectivity index (χ1n) is 3.88. The molecule has 0 saturated heterocycles. The number of nitrogens with zero attached hydrogens (tertiary/aromatic N) is 1. The van der Waals surface area contributed by atoms with E-state index in [1.807, 2.05) is 0 Å². The Morgan fingerprint density at radius 3 is 2.80 bits per heavy atom. The molecule has 0 atom stereocenters. The Morgan fingerprint density at radius 1 is 1.40 bits per heavy atom. The van der Waals surface area contributed by atoms with Crippen LogP contribution in [0.5, 0.6) is 5.75 Å². The third kappa shape index (κ3) is 1.92. The van der Waals surface area contributed by atoms with E-state index < -0.39 is 10.1 Å². The highest BCUT2D eigenvalue weighted by Gasteiger charge is 2.17. The van der Waals surface area contributed by atoms with Crippen molar-refractivity contribution in [3.05, 3.63) is 30.7 Å². The van der Waals surface area contributed by atoms with Crippen LogP contribution < -0.4 is 9.16 Å². The quantitative estimate of drug-likeness (QED) is 0.605. The van der Waals surface area contributed by atoms with E-state index in [1.165, 1.54) is 35.1 Å². The zero-order valence-corrected chi connectivity index (χ0v) is 8.86. The smallest absolute Gasteiger partial charge is 0.294 e. The molecule has 0 aromatic heterocycles. The highest BCUT2D eigenvalue weighted by atomic mass is 35.5. The second-order valence-corrected chi connectivity index (χ2v) is 4.60. The van der Waals surface area contributed by atoms with Gasteiger partial charge in [-0.25, -0.2) is 0 Å². The van der Waals surface area contributed by atoms with E-state index in [2.05, 4.69) is 0 Å². The second kappa shape index (κ2) is 3.41. The summed E-state index contributed by atoms with van der Waals surface area (Å²) in [7, 11) is -4.22. The van der Waals surface area contributed by atoms with Crippen molar-refractivity contribution in [1.29, 1.82) is 0 Å². The van der Waals surface area contributed by atoms with Crippen LogP contribution in [-0.2, 0) is 10.1 Å². The van der Waals surface area contributed by atoms with E-state index in [1.54, 1.807) is 0 Å². The first kappa shape index (κ1) is 10.3. The van der Waals surface area contributed by atoms with Crippen LogP contribution in [0.25, 0.3) is 0 Å². The third-order valence-corrected chi connectivity index (χ3v) is 2.99. The van der Waals surface area contributed by atoms with Gasteiger partial charge in [0.15, 0.2) is 5.75 Å². The maximum Gasteiger partial charge on any atom is 0.294 e. The van der Waals surface area contributed by atoms with E-state index in [0.717, 1.165) is 0 Å². The van der Waals surface area contributed by atoms with Gasteiger partial charge in [-0.3, -0.25) is 8.97 Å². The van der Waals surface area contributed by atoms with Gasteiger partial charge in [-0.2, -0.15) is 8.42 Å². The van der Waals surface area contributed by atoms with Crippen molar-refractivity contribution in [3.8, 4) is 5.75 Å². The van der Waals surface area contributed by atoms with Crippen molar-refractivity contribution in [1.82, 2.24) is 0 Å². The lowest BCUT2D eigenvalue weighted by atomic mass is 10.3. The minimum absolute atomic E-state index is 0.231. The summed E-state index contributed by atoms with van der Waals surface area (Å²) >= 11 is 5.76. The summed E-state index contributed by atoms with van der Waals surface area (Å²) in [5, 5.41) is 0. The van der Waals surface area contributed by atoms with Crippen molar-refractivity contribution < 1.29 is 17.7 Å². The van der Waals surface area contributed by atoms with E-state index in [9.17, 15) is 8.42 Å². The first-order chi connectivity index (χ1) is 6.98. The highest BCUT2D eigenvalue weighted by Crippen LogP contribution is 2.34. The minimum atomic E-state index is -4.22. The van der Waals surface area contributed by atoms with Crippen LogP contribution in [0.1, 0.15) is 0 Å². The molecule has 0 spiro atoms. The average molecular weight is 248 g/mol. The van der Waals surface area contributed by atoms with Crippen LogP contribution in [0.15, 0.2) is 35.6 Å². The molecular weight excluding hydrogens is 242 g/mol. The van der Waals surface area contributed by atoms with Crippen LogP contribution in [0.3, 0.4) is 0 Å². The number of ether oxygens (including phenoxy) is 1. The maximum atomic E-state index is 10.9. The molecule has 80 valence electrons. The normalized spacial score (nSPS) is 14.7. The van der Waals surface area contributed by atoms with Crippen molar-refractivity contribution in [2.45, 2.75) is 4.90 Å². The van der Waals surface area contributed by atoms with Crippen molar-refractivity contribution in [2.75, 3.05) is 4.42 Å². The van der Waals surface area contributed by atoms with Crippen LogP contribution in [0.4, 0.5) is 5.69 Å². The Labute approximate surface area is 91.4 Å². The molecule has 1 heterocycles. The summed E-state index contributed by atoms with van der Waals surface area (Å²) in [6.45, 7) is 0. The predicted octanol–water partition coefficient (Wildman–Crippen LogP) is 1.76. The molecule has 0 unspecified atom stereocenters. The van der Waals surface area contributed by atoms with Crippen molar-refractivity contribution in [2.24, 2.45) is 0 Å². The van der Waals surface area contributed by atoms with E-state index in [0.29, 0.717) is 11.4 Å². The van der Waals surface area contributed by atoms with Gasteiger partial charge in [-0.15, -0.1) is 0 Å². The van der Waals surface area contributed by atoms with Gasteiger partial charge in [-0.05, 0) is 18.2 Å². The second-order valence-electron chi connectivity index (χ2n) is 2.82. The number of benzene rings is 1. The van der Waals surface area contributed by atoms with E-state index in [4.69, 9.17) is 21.1 Å². The SMILES string of the molecule is O=S(=O)(O)c1ccc2c(c1)N(Cl)C=CO2. The number of rotatable bonds is 1. The van der Waals surface area contributed by atoms with Crippen LogP contribution in [0.2, 0.25) is 0 Å². The average Bonchev–Trinajstić information content (AvgIpc) is 2.16. The van der Waals surface area contributed by atoms with Gasteiger partial charge in [0.2, 0.25) is 0 Å². The van der Waals surface area contributed by atoms with Gasteiger partial charge in [0.25, 0.3) is 10.1 Å². The van der Waals surface area contributed by atoms with Crippen LogP contribution in [-0.4, -0.2) is 13.0 Å². The molecule has 0 fully saturated rings. The summed E-state index contributed by atoms with van der Waals surface area (Å²) in [6.07, 6.45) is 2.78. The molecule has 0 amide bonds. The molecule has 1 aliphatic heterocycles. The standard InChI is InChI=1S/C8H6ClNO4S/c9-10-3-4-14-8-2-1-6(5-7(8)10)15(11,12)13/h1-5H,(H,11,12,13). The molecule has 0 radical (unpaired) electrons. The summed E-state index contributed by atoms with van der Waals surface area (Å²) in [4.78, 5) is -0.231. The molecular formula is C8H6ClNO4S. The summed E-state index contributed by atoms with van der Waals surface area (Å²) in [5.41, 5.74) is 0.356. The molecule has 15 heavy (non-hydrogen) atoms. The molecule has 5 nitrogen and oxygen atoms in total. The number of hydrogen-bond donors (Lipinski definition) is 1. The fraction of sp³-hybridized carbons (Fsp3) is 0. The first-order valence-corrected chi connectivity index (χ1v) is 5.66. The molecule has 1 aliphatic rings. The Kier molecular flexibility index (Phi) is 2.34. The molecule has 1 N–H and O–H groups in total. The molecule has 1 aromatic carbocycles. The molecule has 0 aliphatic carbocycles. The van der Waals surface area contributed by atoms with Crippen molar-refractivity contribution in [3.63, 3.8) is 0 Å². The lowest BCUT2D eigenvalue weighted by molar-refractivity contribution is 0.471. The molecule has 0 bridgehead atoms. The topological polar surface area (TPSA) is 66.8 Å². The Balaban J connectivity index is 2.56. The molecule has 1 aromatic rings. The van der Waals surface area contributed by atoms with Gasteiger partial charge in [-0.1, -0.05) is 0 Å². The Hall–Kier alpha value is -1.24. The van der Waals surface area contributed by atoms with Crippen LogP contribution >= 0.6 is 11.8 Å². The maximum absolute atomic E-state index is 10.9. The summed E-state index contributed by atoms with van der Waals surface area (Å²) in [5.74, 6) is 0.417. The molecule has 2 rings (SSSR count). The van der Waals surface area contributed by atoms with E-state index >= 15 is 0 Å². The lowest BCUT2D eigenvalue weighted by Crippen LogP contribution is -2.09. The molecule has 0 saturated carbocycles. The lowest BCUT2D eigenvalue weighted by Gasteiger charge is -2.19. The molecule has 7 heteroatoms. The largest absolute Gasteiger partial charge is 0.461 e. The third-order valence-electron chi connectivity index (χ3n) is 1.85. The number of anilines is 1. The Bertz CT molecular complexity index is 525. The minimum Gasteiger partial charge on any atom is -0.461 e. The van der Waals surface area contributed by atoms with Gasteiger partial charge in [0.1, 0.15) is 11.9 Å². The van der Waals surface area contributed by atoms with Gasteiger partial charge >= 0.3 is 0 Å². The Morgan fingerprint density at radius 2 is 2.13 bits per heavy atom. The van der Waals surface area contributed by atoms with Crippen molar-refractivity contribution >= 4 is 27.6 Å². The van der Waals surface area contributed by atoms with Gasteiger partial charge < -0.3 is 4.74 Å². The van der Waals surface area contributed by atoms with E-state index in [-0.39, 0.29) is 4.90 Å². The summed E-state index contributed by atoms with van der Waals surface area (Å²) in [6, 6.07) is 3.87. The predicted molar refractivity (Wildman–Crippen MR) is 54.4 cm³/mol. The van der Waals surface area contributed by atoms with Gasteiger partial charge in [0, 0.05) is 11.8 Å². The van der Waals surface area contributed by atoms with Gasteiger partial charge in [0.05, 0.1) is 11.1 Å². The summed E-state index contributed by atoms with van der Waals surface area (Å²) < 4.78 is 36.8.